The molecule has 0 aliphatic carbocycles. The lowest BCUT2D eigenvalue weighted by atomic mass is 10.2. The highest BCUT2D eigenvalue weighted by Gasteiger charge is 2.11. The van der Waals surface area contributed by atoms with E-state index in [-0.39, 0.29) is 5.60 Å². The van der Waals surface area contributed by atoms with Crippen LogP contribution in [0.2, 0.25) is 0 Å². The Hall–Kier alpha value is -1.55. The van der Waals surface area contributed by atoms with Gasteiger partial charge in [0.1, 0.15) is 0 Å². The molecule has 1 aromatic carbocycles. The third kappa shape index (κ3) is 2.77. The number of fused-ring (bicyclic) bond motifs is 1. The topological polar surface area (TPSA) is 53.1 Å². The molecule has 0 aliphatic rings. The van der Waals surface area contributed by atoms with Gasteiger partial charge in [0.05, 0.1) is 24.3 Å². The van der Waals surface area contributed by atoms with Gasteiger partial charge in [0.15, 0.2) is 5.82 Å². The summed E-state index contributed by atoms with van der Waals surface area (Å²) in [5.74, 6) is 0.580. The fourth-order valence-electron chi connectivity index (χ4n) is 1.76. The molecule has 0 bridgehead atoms. The summed E-state index contributed by atoms with van der Waals surface area (Å²) >= 11 is 0. The Morgan fingerprint density at radius 2 is 2.00 bits per heavy atom. The summed E-state index contributed by atoms with van der Waals surface area (Å²) < 4.78 is 7.59. The van der Waals surface area contributed by atoms with Gasteiger partial charge in [-0.3, -0.25) is 4.68 Å². The standard InChI is InChI=1S/C13H19N3O/c1-13(2,3)17-9-8-16-11-7-5-4-6-10(11)12(14)15-16/h4-7H,8-9H2,1-3H3,(H2,14,15). The monoisotopic (exact) mass is 233 g/mol. The number of rotatable bonds is 3. The Morgan fingerprint density at radius 1 is 1.29 bits per heavy atom. The summed E-state index contributed by atoms with van der Waals surface area (Å²) in [6, 6.07) is 7.97. The lowest BCUT2D eigenvalue weighted by Crippen LogP contribution is -2.22. The van der Waals surface area contributed by atoms with Crippen molar-refractivity contribution in [2.75, 3.05) is 12.3 Å². The van der Waals surface area contributed by atoms with E-state index < -0.39 is 0 Å². The lowest BCUT2D eigenvalue weighted by Gasteiger charge is -2.19. The van der Waals surface area contributed by atoms with Gasteiger partial charge in [0.25, 0.3) is 0 Å². The molecule has 0 saturated carbocycles. The zero-order valence-corrected chi connectivity index (χ0v) is 10.6. The normalized spacial score (nSPS) is 12.2. The van der Waals surface area contributed by atoms with Crippen LogP contribution in [0.5, 0.6) is 0 Å². The van der Waals surface area contributed by atoms with E-state index in [0.29, 0.717) is 12.4 Å². The predicted molar refractivity (Wildman–Crippen MR) is 69.9 cm³/mol. The van der Waals surface area contributed by atoms with E-state index in [1.807, 2.05) is 49.7 Å². The van der Waals surface area contributed by atoms with Crippen molar-refractivity contribution in [3.63, 3.8) is 0 Å². The Balaban J connectivity index is 2.14. The Kier molecular flexibility index (Phi) is 3.07. The lowest BCUT2D eigenvalue weighted by molar-refractivity contribution is -0.00746. The van der Waals surface area contributed by atoms with Crippen molar-refractivity contribution in [3.05, 3.63) is 24.3 Å². The molecule has 1 aromatic heterocycles. The molecule has 0 amide bonds. The molecule has 17 heavy (non-hydrogen) atoms. The number of nitrogens with two attached hydrogens (primary N) is 1. The average Bonchev–Trinajstić information content (AvgIpc) is 2.55. The van der Waals surface area contributed by atoms with Gasteiger partial charge in [-0.15, -0.1) is 0 Å². The quantitative estimate of drug-likeness (QED) is 0.885. The molecule has 92 valence electrons. The van der Waals surface area contributed by atoms with Gasteiger partial charge in [0, 0.05) is 5.39 Å². The molecule has 0 fully saturated rings. The molecule has 0 unspecified atom stereocenters. The van der Waals surface area contributed by atoms with Crippen LogP contribution in [0.4, 0.5) is 5.82 Å². The van der Waals surface area contributed by atoms with Crippen molar-refractivity contribution in [1.29, 1.82) is 0 Å². The molecule has 0 radical (unpaired) electrons. The van der Waals surface area contributed by atoms with Crippen LogP contribution < -0.4 is 5.73 Å². The van der Waals surface area contributed by atoms with Crippen LogP contribution in [0.25, 0.3) is 10.9 Å². The molecule has 2 rings (SSSR count). The highest BCUT2D eigenvalue weighted by molar-refractivity contribution is 5.88. The third-order valence-electron chi connectivity index (χ3n) is 2.52. The maximum absolute atomic E-state index is 5.86. The number of hydrogen-bond acceptors (Lipinski definition) is 3. The Bertz CT molecular complexity index is 511. The van der Waals surface area contributed by atoms with Crippen molar-refractivity contribution in [2.45, 2.75) is 32.9 Å². The summed E-state index contributed by atoms with van der Waals surface area (Å²) in [5.41, 5.74) is 6.80. The molecular weight excluding hydrogens is 214 g/mol. The molecule has 0 saturated heterocycles. The van der Waals surface area contributed by atoms with E-state index in [1.165, 1.54) is 0 Å². The van der Waals surface area contributed by atoms with Gasteiger partial charge >= 0.3 is 0 Å². The highest BCUT2D eigenvalue weighted by Crippen LogP contribution is 2.19. The first-order chi connectivity index (χ1) is 7.97. The number of anilines is 1. The first-order valence-electron chi connectivity index (χ1n) is 5.82. The minimum absolute atomic E-state index is 0.117. The van der Waals surface area contributed by atoms with E-state index in [2.05, 4.69) is 5.10 Å². The number of ether oxygens (including phenoxy) is 1. The number of nitrogen functional groups attached to an aromatic ring is 1. The van der Waals surface area contributed by atoms with Crippen LogP contribution in [0.15, 0.2) is 24.3 Å². The molecular formula is C13H19N3O. The van der Waals surface area contributed by atoms with Gasteiger partial charge in [-0.1, -0.05) is 12.1 Å². The van der Waals surface area contributed by atoms with Crippen molar-refractivity contribution in [3.8, 4) is 0 Å². The van der Waals surface area contributed by atoms with Crippen LogP contribution in [-0.4, -0.2) is 22.0 Å². The number of hydrogen-bond donors (Lipinski definition) is 1. The van der Waals surface area contributed by atoms with Crippen LogP contribution in [-0.2, 0) is 11.3 Å². The van der Waals surface area contributed by atoms with Crippen molar-refractivity contribution >= 4 is 16.7 Å². The Labute approximate surface area is 101 Å². The molecule has 1 heterocycles. The zero-order chi connectivity index (χ0) is 12.5. The fourth-order valence-corrected chi connectivity index (χ4v) is 1.76. The van der Waals surface area contributed by atoms with E-state index in [1.54, 1.807) is 0 Å². The summed E-state index contributed by atoms with van der Waals surface area (Å²) in [5, 5.41) is 5.33. The Morgan fingerprint density at radius 3 is 2.71 bits per heavy atom. The summed E-state index contributed by atoms with van der Waals surface area (Å²) in [6.45, 7) is 7.48. The largest absolute Gasteiger partial charge is 0.382 e. The smallest absolute Gasteiger partial charge is 0.153 e. The number of nitrogens with zero attached hydrogens (tertiary/aromatic N) is 2. The number of para-hydroxylation sites is 1. The number of benzene rings is 1. The second kappa shape index (κ2) is 4.37. The van der Waals surface area contributed by atoms with E-state index >= 15 is 0 Å². The van der Waals surface area contributed by atoms with Gasteiger partial charge in [-0.2, -0.15) is 5.10 Å². The molecule has 0 atom stereocenters. The second-order valence-electron chi connectivity index (χ2n) is 5.09. The van der Waals surface area contributed by atoms with Crippen molar-refractivity contribution < 1.29 is 4.74 Å². The second-order valence-corrected chi connectivity index (χ2v) is 5.09. The molecule has 0 spiro atoms. The SMILES string of the molecule is CC(C)(C)OCCn1nc(N)c2ccccc21. The summed E-state index contributed by atoms with van der Waals surface area (Å²) in [4.78, 5) is 0. The average molecular weight is 233 g/mol. The summed E-state index contributed by atoms with van der Waals surface area (Å²) in [7, 11) is 0. The number of aromatic nitrogens is 2. The predicted octanol–water partition coefficient (Wildman–Crippen LogP) is 2.43. The summed E-state index contributed by atoms with van der Waals surface area (Å²) in [6.07, 6.45) is 0. The van der Waals surface area contributed by atoms with Crippen LogP contribution >= 0.6 is 0 Å². The van der Waals surface area contributed by atoms with Crippen molar-refractivity contribution in [1.82, 2.24) is 9.78 Å². The molecule has 2 N–H and O–H groups in total. The van der Waals surface area contributed by atoms with Gasteiger partial charge in [-0.05, 0) is 32.9 Å². The maximum Gasteiger partial charge on any atom is 0.153 e. The minimum Gasteiger partial charge on any atom is -0.382 e. The first kappa shape index (κ1) is 11.9. The van der Waals surface area contributed by atoms with Crippen LogP contribution in [0.3, 0.4) is 0 Å². The van der Waals surface area contributed by atoms with Gasteiger partial charge in [-0.25, -0.2) is 0 Å². The molecule has 0 aliphatic heterocycles. The van der Waals surface area contributed by atoms with E-state index in [0.717, 1.165) is 17.4 Å². The molecule has 4 heteroatoms. The van der Waals surface area contributed by atoms with E-state index in [4.69, 9.17) is 10.5 Å². The van der Waals surface area contributed by atoms with E-state index in [9.17, 15) is 0 Å². The van der Waals surface area contributed by atoms with Gasteiger partial charge < -0.3 is 10.5 Å². The maximum atomic E-state index is 5.86. The van der Waals surface area contributed by atoms with Crippen molar-refractivity contribution in [2.24, 2.45) is 0 Å². The van der Waals surface area contributed by atoms with Crippen LogP contribution in [0.1, 0.15) is 20.8 Å². The molecule has 4 nitrogen and oxygen atoms in total. The first-order valence-corrected chi connectivity index (χ1v) is 5.82. The zero-order valence-electron chi connectivity index (χ0n) is 10.6. The molecule has 2 aromatic rings. The fraction of sp³-hybridized carbons (Fsp3) is 0.462. The minimum atomic E-state index is -0.117. The van der Waals surface area contributed by atoms with Crippen LogP contribution in [0, 0.1) is 0 Å². The van der Waals surface area contributed by atoms with Gasteiger partial charge in [0.2, 0.25) is 0 Å². The highest BCUT2D eigenvalue weighted by atomic mass is 16.5. The third-order valence-corrected chi connectivity index (χ3v) is 2.52.